The Kier molecular flexibility index (Phi) is 4.52. The number of rotatable bonds is 4. The van der Waals surface area contributed by atoms with E-state index < -0.39 is 0 Å². The lowest BCUT2D eigenvalue weighted by molar-refractivity contribution is -0.892. The van der Waals surface area contributed by atoms with E-state index >= 15 is 0 Å². The first-order valence-electron chi connectivity index (χ1n) is 10.3. The van der Waals surface area contributed by atoms with Crippen molar-refractivity contribution in [3.8, 4) is 0 Å². The molecule has 0 unspecified atom stereocenters. The number of piperazine rings is 1. The maximum atomic E-state index is 12.1. The summed E-state index contributed by atoms with van der Waals surface area (Å²) in [7, 11) is 0. The van der Waals surface area contributed by atoms with E-state index in [-0.39, 0.29) is 5.91 Å². The van der Waals surface area contributed by atoms with Crippen molar-refractivity contribution in [3.63, 3.8) is 0 Å². The molecule has 2 N–H and O–H groups in total. The monoisotopic (exact) mass is 386 g/mol. The van der Waals surface area contributed by atoms with Gasteiger partial charge in [0.2, 0.25) is 0 Å². The van der Waals surface area contributed by atoms with E-state index in [2.05, 4.69) is 22.1 Å². The van der Waals surface area contributed by atoms with Gasteiger partial charge in [0.25, 0.3) is 5.91 Å². The van der Waals surface area contributed by atoms with Gasteiger partial charge in [-0.25, -0.2) is 9.97 Å². The largest absolute Gasteiger partial charge is 0.348 e. The van der Waals surface area contributed by atoms with Crippen molar-refractivity contribution in [3.05, 3.63) is 16.8 Å². The summed E-state index contributed by atoms with van der Waals surface area (Å²) in [5.41, 5.74) is 1.50. The van der Waals surface area contributed by atoms with E-state index in [1.54, 1.807) is 6.33 Å². The number of hydrogen-bond donors (Lipinski definition) is 2. The molecule has 1 aliphatic heterocycles. The number of carbonyl (C=O) groups is 1. The molecule has 1 saturated carbocycles. The molecule has 0 bridgehead atoms. The Hall–Kier alpha value is -1.73. The minimum absolute atomic E-state index is 0.214. The molecule has 3 aliphatic rings. The van der Waals surface area contributed by atoms with Crippen LogP contribution in [0.3, 0.4) is 0 Å². The van der Waals surface area contributed by atoms with Crippen molar-refractivity contribution in [2.24, 2.45) is 5.92 Å². The van der Waals surface area contributed by atoms with Crippen molar-refractivity contribution in [2.75, 3.05) is 37.6 Å². The Morgan fingerprint density at radius 3 is 2.89 bits per heavy atom. The molecule has 6 nitrogen and oxygen atoms in total. The molecule has 0 aromatic carbocycles. The minimum atomic E-state index is 0.214. The molecule has 144 valence electrons. The summed E-state index contributed by atoms with van der Waals surface area (Å²) < 4.78 is 0. The van der Waals surface area contributed by atoms with Crippen LogP contribution in [0.15, 0.2) is 6.33 Å². The number of amides is 1. The summed E-state index contributed by atoms with van der Waals surface area (Å²) >= 11 is 1.87. The summed E-state index contributed by atoms with van der Waals surface area (Å²) in [4.78, 5) is 27.8. The summed E-state index contributed by atoms with van der Waals surface area (Å²) in [6.45, 7) is 6.86. The molecule has 0 radical (unpaired) electrons. The molecule has 1 amide bonds. The number of carbonyl (C=O) groups excluding carboxylic acids is 1. The van der Waals surface area contributed by atoms with Gasteiger partial charge in [-0.15, -0.1) is 11.3 Å². The lowest BCUT2D eigenvalue weighted by Crippen LogP contribution is -3.16. The number of nitrogens with one attached hydrogen (secondary N) is 2. The smallest absolute Gasteiger partial charge is 0.275 e. The highest BCUT2D eigenvalue weighted by atomic mass is 32.1. The Labute approximate surface area is 164 Å². The van der Waals surface area contributed by atoms with Gasteiger partial charge in [-0.3, -0.25) is 4.79 Å². The first kappa shape index (κ1) is 17.4. The van der Waals surface area contributed by atoms with Gasteiger partial charge in [-0.1, -0.05) is 6.92 Å². The first-order chi connectivity index (χ1) is 13.2. The summed E-state index contributed by atoms with van der Waals surface area (Å²) in [6, 6.07) is 0.458. The second kappa shape index (κ2) is 7.02. The lowest BCUT2D eigenvalue weighted by atomic mass is 9.89. The Morgan fingerprint density at radius 2 is 2.11 bits per heavy atom. The molecule has 27 heavy (non-hydrogen) atoms. The van der Waals surface area contributed by atoms with E-state index in [0.29, 0.717) is 12.6 Å². The molecule has 2 aromatic heterocycles. The fourth-order valence-electron chi connectivity index (χ4n) is 4.44. The van der Waals surface area contributed by atoms with Crippen LogP contribution in [0.1, 0.15) is 36.6 Å². The zero-order valence-electron chi connectivity index (χ0n) is 16.0. The van der Waals surface area contributed by atoms with Crippen LogP contribution >= 0.6 is 11.3 Å². The van der Waals surface area contributed by atoms with Crippen molar-refractivity contribution < 1.29 is 9.69 Å². The van der Waals surface area contributed by atoms with Crippen LogP contribution in [0.5, 0.6) is 0 Å². The molecule has 7 heteroatoms. The fourth-order valence-corrected chi connectivity index (χ4v) is 5.79. The van der Waals surface area contributed by atoms with Gasteiger partial charge in [0, 0.05) is 10.9 Å². The van der Waals surface area contributed by atoms with Crippen molar-refractivity contribution in [1.29, 1.82) is 0 Å². The standard InChI is InChI=1S/C20H27N5OS/c1-13-2-5-15-16(10-13)27-20-18(15)19(21-12-22-20)25-8-6-24(7-9-25)11-17(26)23-14-3-4-14/h12-14H,2-11H2,1H3,(H,23,26)/p+1/t13-/m0/s1. The van der Waals surface area contributed by atoms with Gasteiger partial charge in [0.15, 0.2) is 6.54 Å². The van der Waals surface area contributed by atoms with E-state index in [1.807, 2.05) is 11.3 Å². The molecule has 2 aliphatic carbocycles. The molecule has 5 rings (SSSR count). The SMILES string of the molecule is C[C@H]1CCc2c(sc3ncnc(N4CC[NH+](CC(=O)NC5CC5)CC4)c23)C1. The molecule has 0 spiro atoms. The van der Waals surface area contributed by atoms with Gasteiger partial charge >= 0.3 is 0 Å². The van der Waals surface area contributed by atoms with Crippen LogP contribution < -0.4 is 15.1 Å². The third kappa shape index (κ3) is 3.55. The second-order valence-electron chi connectivity index (χ2n) is 8.48. The van der Waals surface area contributed by atoms with E-state index in [9.17, 15) is 4.79 Å². The van der Waals surface area contributed by atoms with E-state index in [4.69, 9.17) is 4.98 Å². The highest BCUT2D eigenvalue weighted by Gasteiger charge is 2.29. The van der Waals surface area contributed by atoms with Crippen LogP contribution in [0.25, 0.3) is 10.2 Å². The average Bonchev–Trinajstić information content (AvgIpc) is 3.39. The van der Waals surface area contributed by atoms with Crippen LogP contribution in [-0.2, 0) is 17.6 Å². The number of fused-ring (bicyclic) bond motifs is 3. The average molecular weight is 387 g/mol. The third-order valence-electron chi connectivity index (χ3n) is 6.19. The first-order valence-corrected chi connectivity index (χ1v) is 11.1. The number of hydrogen-bond acceptors (Lipinski definition) is 5. The normalized spacial score (nSPS) is 23.4. The molecule has 1 atom stereocenters. The maximum absolute atomic E-state index is 12.1. The molecule has 2 aromatic rings. The topological polar surface area (TPSA) is 62.6 Å². The van der Waals surface area contributed by atoms with Gasteiger partial charge < -0.3 is 15.1 Å². The predicted octanol–water partition coefficient (Wildman–Crippen LogP) is 0.800. The van der Waals surface area contributed by atoms with Crippen molar-refractivity contribution in [2.45, 2.75) is 45.1 Å². The molecule has 1 saturated heterocycles. The Morgan fingerprint density at radius 1 is 1.30 bits per heavy atom. The quantitative estimate of drug-likeness (QED) is 0.816. The van der Waals surface area contributed by atoms with Crippen LogP contribution in [-0.4, -0.2) is 54.6 Å². The zero-order valence-corrected chi connectivity index (χ0v) is 16.8. The number of aromatic nitrogens is 2. The van der Waals surface area contributed by atoms with E-state index in [0.717, 1.165) is 62.0 Å². The van der Waals surface area contributed by atoms with Crippen LogP contribution in [0.4, 0.5) is 5.82 Å². The number of nitrogens with zero attached hydrogens (tertiary/aromatic N) is 3. The minimum Gasteiger partial charge on any atom is -0.348 e. The number of quaternary nitrogens is 1. The Bertz CT molecular complexity index is 853. The summed E-state index contributed by atoms with van der Waals surface area (Å²) in [5.74, 6) is 2.11. The lowest BCUT2D eigenvalue weighted by Gasteiger charge is -2.33. The maximum Gasteiger partial charge on any atom is 0.275 e. The van der Waals surface area contributed by atoms with Crippen LogP contribution in [0, 0.1) is 5.92 Å². The Balaban J connectivity index is 1.31. The highest BCUT2D eigenvalue weighted by Crippen LogP contribution is 2.40. The van der Waals surface area contributed by atoms with Crippen LogP contribution in [0.2, 0.25) is 0 Å². The van der Waals surface area contributed by atoms with Crippen molar-refractivity contribution >= 4 is 33.3 Å². The predicted molar refractivity (Wildman–Crippen MR) is 108 cm³/mol. The zero-order chi connectivity index (χ0) is 18.4. The molecule has 3 heterocycles. The van der Waals surface area contributed by atoms with Gasteiger partial charge in [-0.05, 0) is 43.6 Å². The molecule has 2 fully saturated rings. The second-order valence-corrected chi connectivity index (χ2v) is 9.57. The highest BCUT2D eigenvalue weighted by molar-refractivity contribution is 7.19. The number of thiophene rings is 1. The molecular weight excluding hydrogens is 358 g/mol. The van der Waals surface area contributed by atoms with Gasteiger partial charge in [0.1, 0.15) is 17.0 Å². The third-order valence-corrected chi connectivity index (χ3v) is 7.36. The van der Waals surface area contributed by atoms with Gasteiger partial charge in [0.05, 0.1) is 31.6 Å². The summed E-state index contributed by atoms with van der Waals surface area (Å²) in [6.07, 6.45) is 7.64. The number of aryl methyl sites for hydroxylation is 1. The fraction of sp³-hybridized carbons (Fsp3) is 0.650. The van der Waals surface area contributed by atoms with Crippen molar-refractivity contribution in [1.82, 2.24) is 15.3 Å². The summed E-state index contributed by atoms with van der Waals surface area (Å²) in [5, 5.41) is 4.41. The molecular formula is C20H28N5OS+. The number of anilines is 1. The van der Waals surface area contributed by atoms with E-state index in [1.165, 1.54) is 33.6 Å². The van der Waals surface area contributed by atoms with Gasteiger partial charge in [-0.2, -0.15) is 0 Å².